The highest BCUT2D eigenvalue weighted by molar-refractivity contribution is 7.98. The molecule has 100 valence electrons. The number of thioether (sulfide) groups is 1. The van der Waals surface area contributed by atoms with Crippen molar-refractivity contribution in [2.45, 2.75) is 10.6 Å². The maximum absolute atomic E-state index is 13.6. The summed E-state index contributed by atoms with van der Waals surface area (Å²) in [6, 6.07) is 9.61. The second kappa shape index (κ2) is 5.93. The zero-order valence-corrected chi connectivity index (χ0v) is 11.1. The molecule has 0 aliphatic carbocycles. The maximum atomic E-state index is 13.6. The van der Waals surface area contributed by atoms with Crippen molar-refractivity contribution in [3.8, 4) is 5.75 Å². The van der Waals surface area contributed by atoms with Crippen LogP contribution in [0.15, 0.2) is 41.3 Å². The topological polar surface area (TPSA) is 35.2 Å². The molecular formula is C14H13F2NOS. The molecule has 2 rings (SSSR count). The molecule has 0 aromatic heterocycles. The van der Waals surface area contributed by atoms with Gasteiger partial charge >= 0.3 is 0 Å². The van der Waals surface area contributed by atoms with E-state index >= 15 is 0 Å². The van der Waals surface area contributed by atoms with Crippen molar-refractivity contribution in [1.82, 2.24) is 0 Å². The van der Waals surface area contributed by atoms with Gasteiger partial charge in [0.25, 0.3) is 0 Å². The van der Waals surface area contributed by atoms with Gasteiger partial charge in [0.05, 0.1) is 12.0 Å². The van der Waals surface area contributed by atoms with Crippen LogP contribution in [0.1, 0.15) is 5.56 Å². The lowest BCUT2D eigenvalue weighted by Gasteiger charge is -2.07. The van der Waals surface area contributed by atoms with E-state index in [1.807, 2.05) is 24.3 Å². The molecule has 2 N–H and O–H groups in total. The number of rotatable bonds is 4. The zero-order valence-electron chi connectivity index (χ0n) is 10.3. The second-order valence-corrected chi connectivity index (χ2v) is 4.94. The fourth-order valence-electron chi connectivity index (χ4n) is 1.64. The Hall–Kier alpha value is -1.75. The van der Waals surface area contributed by atoms with Gasteiger partial charge in [0.15, 0.2) is 0 Å². The molecular weight excluding hydrogens is 268 g/mol. The molecule has 0 saturated carbocycles. The summed E-state index contributed by atoms with van der Waals surface area (Å²) in [6.45, 7) is 0. The number of hydrogen-bond donors (Lipinski definition) is 1. The summed E-state index contributed by atoms with van der Waals surface area (Å²) in [5, 5.41) is 0. The molecule has 2 aromatic carbocycles. The highest BCUT2D eigenvalue weighted by atomic mass is 32.2. The van der Waals surface area contributed by atoms with Crippen LogP contribution in [0.2, 0.25) is 0 Å². The Balaban J connectivity index is 2.14. The molecule has 0 saturated heterocycles. The first-order chi connectivity index (χ1) is 9.10. The Labute approximate surface area is 114 Å². The van der Waals surface area contributed by atoms with Crippen molar-refractivity contribution in [3.05, 3.63) is 53.6 Å². The number of methoxy groups -OCH3 is 1. The van der Waals surface area contributed by atoms with Gasteiger partial charge in [-0.05, 0) is 29.8 Å². The normalized spacial score (nSPS) is 10.5. The Morgan fingerprint density at radius 3 is 2.47 bits per heavy atom. The third-order valence-corrected chi connectivity index (χ3v) is 3.69. The van der Waals surface area contributed by atoms with E-state index in [0.29, 0.717) is 5.75 Å². The third-order valence-electron chi connectivity index (χ3n) is 2.54. The molecule has 0 fully saturated rings. The van der Waals surface area contributed by atoms with Gasteiger partial charge in [-0.25, -0.2) is 8.78 Å². The maximum Gasteiger partial charge on any atom is 0.141 e. The highest BCUT2D eigenvalue weighted by Crippen LogP contribution is 2.30. The van der Waals surface area contributed by atoms with Crippen molar-refractivity contribution in [1.29, 1.82) is 0 Å². The Kier molecular flexibility index (Phi) is 4.27. The van der Waals surface area contributed by atoms with Gasteiger partial charge in [0.2, 0.25) is 0 Å². The largest absolute Gasteiger partial charge is 0.497 e. The lowest BCUT2D eigenvalue weighted by atomic mass is 10.2. The predicted molar refractivity (Wildman–Crippen MR) is 73.3 cm³/mol. The fraction of sp³-hybridized carbons (Fsp3) is 0.143. The van der Waals surface area contributed by atoms with Crippen LogP contribution in [0.4, 0.5) is 14.5 Å². The summed E-state index contributed by atoms with van der Waals surface area (Å²) in [5.41, 5.74) is 6.38. The molecule has 0 radical (unpaired) electrons. The van der Waals surface area contributed by atoms with Crippen LogP contribution >= 0.6 is 11.8 Å². The molecule has 0 heterocycles. The van der Waals surface area contributed by atoms with Crippen molar-refractivity contribution in [2.24, 2.45) is 0 Å². The van der Waals surface area contributed by atoms with Gasteiger partial charge in [-0.15, -0.1) is 11.8 Å². The Morgan fingerprint density at radius 1 is 1.16 bits per heavy atom. The first-order valence-corrected chi connectivity index (χ1v) is 6.59. The van der Waals surface area contributed by atoms with Gasteiger partial charge in [-0.1, -0.05) is 12.1 Å². The van der Waals surface area contributed by atoms with Crippen molar-refractivity contribution in [2.75, 3.05) is 12.8 Å². The van der Waals surface area contributed by atoms with Crippen molar-refractivity contribution >= 4 is 17.4 Å². The standard InChI is InChI=1S/C14H13F2NOS/c1-18-11-4-2-3-9(5-11)8-19-14-12(15)6-10(17)7-13(14)16/h2-7H,8,17H2,1H3. The van der Waals surface area contributed by atoms with E-state index in [1.165, 1.54) is 0 Å². The monoisotopic (exact) mass is 281 g/mol. The van der Waals surface area contributed by atoms with E-state index < -0.39 is 11.6 Å². The van der Waals surface area contributed by atoms with Crippen molar-refractivity contribution in [3.63, 3.8) is 0 Å². The SMILES string of the molecule is COc1cccc(CSc2c(F)cc(N)cc2F)c1. The first-order valence-electron chi connectivity index (χ1n) is 5.60. The van der Waals surface area contributed by atoms with Gasteiger partial charge in [-0.3, -0.25) is 0 Å². The van der Waals surface area contributed by atoms with E-state index in [0.717, 1.165) is 35.2 Å². The molecule has 19 heavy (non-hydrogen) atoms. The zero-order chi connectivity index (χ0) is 13.8. The molecule has 0 bridgehead atoms. The van der Waals surface area contributed by atoms with E-state index in [9.17, 15) is 8.78 Å². The fourth-order valence-corrected chi connectivity index (χ4v) is 2.52. The van der Waals surface area contributed by atoms with Gasteiger partial charge < -0.3 is 10.5 Å². The molecule has 0 unspecified atom stereocenters. The van der Waals surface area contributed by atoms with Crippen LogP contribution in [-0.4, -0.2) is 7.11 Å². The average molecular weight is 281 g/mol. The number of hydrogen-bond acceptors (Lipinski definition) is 3. The number of nitrogens with two attached hydrogens (primary N) is 1. The number of benzene rings is 2. The van der Waals surface area contributed by atoms with Gasteiger partial charge in [-0.2, -0.15) is 0 Å². The lowest BCUT2D eigenvalue weighted by molar-refractivity contribution is 0.414. The Morgan fingerprint density at radius 2 is 1.84 bits per heavy atom. The van der Waals surface area contributed by atoms with E-state index in [4.69, 9.17) is 10.5 Å². The summed E-state index contributed by atoms with van der Waals surface area (Å²) >= 11 is 1.09. The number of nitrogen functional groups attached to an aromatic ring is 1. The van der Waals surface area contributed by atoms with Crippen molar-refractivity contribution < 1.29 is 13.5 Å². The van der Waals surface area contributed by atoms with Crippen LogP contribution in [-0.2, 0) is 5.75 Å². The molecule has 0 spiro atoms. The quantitative estimate of drug-likeness (QED) is 0.683. The average Bonchev–Trinajstić information content (AvgIpc) is 2.37. The van der Waals surface area contributed by atoms with E-state index in [1.54, 1.807) is 7.11 Å². The summed E-state index contributed by atoms with van der Waals surface area (Å²) in [4.78, 5) is -0.0166. The van der Waals surface area contributed by atoms with E-state index in [-0.39, 0.29) is 10.6 Å². The van der Waals surface area contributed by atoms with Gasteiger partial charge in [0, 0.05) is 11.4 Å². The third kappa shape index (κ3) is 3.38. The highest BCUT2D eigenvalue weighted by Gasteiger charge is 2.11. The number of halogens is 2. The minimum atomic E-state index is -0.634. The molecule has 0 aliphatic rings. The van der Waals surface area contributed by atoms with Crippen LogP contribution in [0.5, 0.6) is 5.75 Å². The molecule has 5 heteroatoms. The molecule has 0 aliphatic heterocycles. The number of ether oxygens (including phenoxy) is 1. The minimum absolute atomic E-state index is 0.0166. The summed E-state index contributed by atoms with van der Waals surface area (Å²) in [7, 11) is 1.57. The summed E-state index contributed by atoms with van der Waals surface area (Å²) < 4.78 is 32.3. The molecule has 2 aromatic rings. The lowest BCUT2D eigenvalue weighted by Crippen LogP contribution is -1.93. The van der Waals surface area contributed by atoms with Crippen LogP contribution in [0.25, 0.3) is 0 Å². The summed E-state index contributed by atoms with van der Waals surface area (Å²) in [6.07, 6.45) is 0. The van der Waals surface area contributed by atoms with E-state index in [2.05, 4.69) is 0 Å². The molecule has 0 atom stereocenters. The smallest absolute Gasteiger partial charge is 0.141 e. The summed E-state index contributed by atoms with van der Waals surface area (Å²) in [5.74, 6) is -0.0956. The molecule has 2 nitrogen and oxygen atoms in total. The minimum Gasteiger partial charge on any atom is -0.497 e. The van der Waals surface area contributed by atoms with Crippen LogP contribution < -0.4 is 10.5 Å². The Bertz CT molecular complexity index is 566. The first kappa shape index (κ1) is 13.7. The van der Waals surface area contributed by atoms with Crippen LogP contribution in [0, 0.1) is 11.6 Å². The van der Waals surface area contributed by atoms with Crippen LogP contribution in [0.3, 0.4) is 0 Å². The number of anilines is 1. The van der Waals surface area contributed by atoms with Gasteiger partial charge in [0.1, 0.15) is 17.4 Å². The second-order valence-electron chi connectivity index (χ2n) is 3.95. The predicted octanol–water partition coefficient (Wildman–Crippen LogP) is 3.85. The molecule has 0 amide bonds.